The van der Waals surface area contributed by atoms with E-state index < -0.39 is 5.91 Å². The van der Waals surface area contributed by atoms with E-state index in [1.165, 1.54) is 19.4 Å². The average Bonchev–Trinajstić information content (AvgIpc) is 2.38. The highest BCUT2D eigenvalue weighted by Crippen LogP contribution is 2.35. The topological polar surface area (TPSA) is 78.1 Å². The summed E-state index contributed by atoms with van der Waals surface area (Å²) in [5, 5.41) is 0.178. The molecule has 0 saturated heterocycles. The van der Waals surface area contributed by atoms with Crippen LogP contribution in [-0.2, 0) is 0 Å². The number of aromatic nitrogens is 2. The van der Waals surface area contributed by atoms with Crippen LogP contribution in [0.4, 0.5) is 0 Å². The van der Waals surface area contributed by atoms with E-state index in [0.29, 0.717) is 16.9 Å². The van der Waals surface area contributed by atoms with Crippen LogP contribution in [0.5, 0.6) is 5.75 Å². The number of amides is 1. The Morgan fingerprint density at radius 1 is 1.39 bits per heavy atom. The van der Waals surface area contributed by atoms with Crippen LogP contribution in [0.3, 0.4) is 0 Å². The second kappa shape index (κ2) is 5.01. The molecule has 2 aromatic heterocycles. The van der Waals surface area contributed by atoms with Crippen molar-refractivity contribution in [2.24, 2.45) is 5.73 Å². The van der Waals surface area contributed by atoms with E-state index in [9.17, 15) is 4.79 Å². The van der Waals surface area contributed by atoms with Crippen LogP contribution in [0.25, 0.3) is 11.1 Å². The van der Waals surface area contributed by atoms with Gasteiger partial charge in [0.25, 0.3) is 0 Å². The molecule has 92 valence electrons. The number of pyridine rings is 2. The van der Waals surface area contributed by atoms with Gasteiger partial charge < -0.3 is 10.5 Å². The number of primary amides is 1. The molecule has 0 bridgehead atoms. The van der Waals surface area contributed by atoms with Gasteiger partial charge in [0.1, 0.15) is 10.9 Å². The summed E-state index contributed by atoms with van der Waals surface area (Å²) >= 11 is 6.03. The Balaban J connectivity index is 2.74. The van der Waals surface area contributed by atoms with Crippen molar-refractivity contribution < 1.29 is 9.53 Å². The van der Waals surface area contributed by atoms with Crippen molar-refractivity contribution >= 4 is 17.5 Å². The van der Waals surface area contributed by atoms with E-state index in [0.717, 1.165) is 0 Å². The maximum absolute atomic E-state index is 11.4. The lowest BCUT2D eigenvalue weighted by Crippen LogP contribution is -2.13. The number of hydrogen-bond donors (Lipinski definition) is 1. The molecule has 0 aliphatic rings. The predicted molar refractivity (Wildman–Crippen MR) is 67.5 cm³/mol. The quantitative estimate of drug-likeness (QED) is 0.858. The summed E-state index contributed by atoms with van der Waals surface area (Å²) in [5.41, 5.74) is 6.61. The zero-order chi connectivity index (χ0) is 13.1. The number of hydrogen-bond acceptors (Lipinski definition) is 4. The molecule has 0 aromatic carbocycles. The Morgan fingerprint density at radius 3 is 2.83 bits per heavy atom. The molecular formula is C12H10ClN3O2. The van der Waals surface area contributed by atoms with Crippen LogP contribution in [-0.4, -0.2) is 23.0 Å². The third-order valence-electron chi connectivity index (χ3n) is 2.44. The first-order valence-corrected chi connectivity index (χ1v) is 5.45. The Labute approximate surface area is 109 Å². The number of rotatable bonds is 3. The molecule has 0 radical (unpaired) electrons. The lowest BCUT2D eigenvalue weighted by molar-refractivity contribution is 0.100. The summed E-state index contributed by atoms with van der Waals surface area (Å²) < 4.78 is 5.21. The second-order valence-electron chi connectivity index (χ2n) is 3.46. The first-order valence-electron chi connectivity index (χ1n) is 5.08. The number of nitrogens with two attached hydrogens (primary N) is 1. The molecule has 18 heavy (non-hydrogen) atoms. The van der Waals surface area contributed by atoms with E-state index in [-0.39, 0.29) is 10.7 Å². The predicted octanol–water partition coefficient (Wildman–Crippen LogP) is 1.90. The minimum Gasteiger partial charge on any atom is -0.496 e. The van der Waals surface area contributed by atoms with Crippen LogP contribution in [0.15, 0.2) is 30.7 Å². The number of carbonyl (C=O) groups is 1. The normalized spacial score (nSPS) is 10.1. The number of methoxy groups -OCH3 is 1. The van der Waals surface area contributed by atoms with Gasteiger partial charge in [0, 0.05) is 29.7 Å². The van der Waals surface area contributed by atoms with E-state index in [4.69, 9.17) is 22.1 Å². The van der Waals surface area contributed by atoms with Crippen LogP contribution in [0.1, 0.15) is 10.4 Å². The highest BCUT2D eigenvalue weighted by molar-refractivity contribution is 6.33. The fraction of sp³-hybridized carbons (Fsp3) is 0.0833. The fourth-order valence-corrected chi connectivity index (χ4v) is 1.91. The van der Waals surface area contributed by atoms with Gasteiger partial charge in [-0.1, -0.05) is 11.6 Å². The molecule has 0 aliphatic carbocycles. The highest BCUT2D eigenvalue weighted by atomic mass is 35.5. The van der Waals surface area contributed by atoms with Gasteiger partial charge >= 0.3 is 0 Å². The van der Waals surface area contributed by atoms with Gasteiger partial charge in [0.05, 0.1) is 12.7 Å². The molecular weight excluding hydrogens is 254 g/mol. The van der Waals surface area contributed by atoms with Gasteiger partial charge in [0.2, 0.25) is 5.91 Å². The molecule has 0 saturated carbocycles. The van der Waals surface area contributed by atoms with Crippen LogP contribution in [0.2, 0.25) is 5.15 Å². The van der Waals surface area contributed by atoms with Crippen molar-refractivity contribution in [1.82, 2.24) is 9.97 Å². The number of ether oxygens (including phenoxy) is 1. The zero-order valence-corrected chi connectivity index (χ0v) is 10.3. The summed E-state index contributed by atoms with van der Waals surface area (Å²) in [6.07, 6.45) is 4.56. The Hall–Kier alpha value is -2.14. The molecule has 0 aliphatic heterocycles. The standard InChI is InChI=1S/C12H10ClN3O2/c1-18-9-3-4-15-6-8(9)10-7(12(14)17)2-5-16-11(10)13/h2-6H,1H3,(H2,14,17). The molecule has 1 amide bonds. The van der Waals surface area contributed by atoms with Crippen molar-refractivity contribution in [2.75, 3.05) is 7.11 Å². The van der Waals surface area contributed by atoms with Gasteiger partial charge in [-0.05, 0) is 12.1 Å². The lowest BCUT2D eigenvalue weighted by atomic mass is 10.0. The van der Waals surface area contributed by atoms with Crippen molar-refractivity contribution in [3.63, 3.8) is 0 Å². The SMILES string of the molecule is COc1ccncc1-c1c(C(N)=O)ccnc1Cl. The van der Waals surface area contributed by atoms with Crippen molar-refractivity contribution in [3.05, 3.63) is 41.4 Å². The molecule has 0 unspecified atom stereocenters. The van der Waals surface area contributed by atoms with Gasteiger partial charge in [-0.25, -0.2) is 4.98 Å². The fourth-order valence-electron chi connectivity index (χ4n) is 1.65. The van der Waals surface area contributed by atoms with Gasteiger partial charge in [-0.2, -0.15) is 0 Å². The van der Waals surface area contributed by atoms with Crippen molar-refractivity contribution in [2.45, 2.75) is 0 Å². The third kappa shape index (κ3) is 2.12. The third-order valence-corrected chi connectivity index (χ3v) is 2.73. The molecule has 5 nitrogen and oxygen atoms in total. The first kappa shape index (κ1) is 12.3. The molecule has 0 fully saturated rings. The van der Waals surface area contributed by atoms with Gasteiger partial charge in [-0.15, -0.1) is 0 Å². The summed E-state index contributed by atoms with van der Waals surface area (Å²) in [6, 6.07) is 3.18. The zero-order valence-electron chi connectivity index (χ0n) is 9.55. The molecule has 2 heterocycles. The van der Waals surface area contributed by atoms with E-state index >= 15 is 0 Å². The number of nitrogens with zero attached hydrogens (tertiary/aromatic N) is 2. The minimum atomic E-state index is -0.583. The Kier molecular flexibility index (Phi) is 3.43. The highest BCUT2D eigenvalue weighted by Gasteiger charge is 2.17. The summed E-state index contributed by atoms with van der Waals surface area (Å²) in [4.78, 5) is 19.4. The molecule has 0 atom stereocenters. The minimum absolute atomic E-state index is 0.178. The maximum Gasteiger partial charge on any atom is 0.249 e. The van der Waals surface area contributed by atoms with E-state index in [1.807, 2.05) is 0 Å². The number of halogens is 1. The summed E-state index contributed by atoms with van der Waals surface area (Å²) in [7, 11) is 1.52. The molecule has 2 N–H and O–H groups in total. The van der Waals surface area contributed by atoms with Crippen LogP contribution >= 0.6 is 11.6 Å². The van der Waals surface area contributed by atoms with Crippen LogP contribution < -0.4 is 10.5 Å². The van der Waals surface area contributed by atoms with Crippen molar-refractivity contribution in [1.29, 1.82) is 0 Å². The monoisotopic (exact) mass is 263 g/mol. The molecule has 6 heteroatoms. The van der Waals surface area contributed by atoms with Gasteiger partial charge in [-0.3, -0.25) is 9.78 Å². The molecule has 2 rings (SSSR count). The Morgan fingerprint density at radius 2 is 2.17 bits per heavy atom. The number of carbonyl (C=O) groups excluding carboxylic acids is 1. The van der Waals surface area contributed by atoms with Gasteiger partial charge in [0.15, 0.2) is 0 Å². The lowest BCUT2D eigenvalue weighted by Gasteiger charge is -2.11. The largest absolute Gasteiger partial charge is 0.496 e. The molecule has 2 aromatic rings. The first-order chi connectivity index (χ1) is 8.65. The average molecular weight is 264 g/mol. The second-order valence-corrected chi connectivity index (χ2v) is 3.82. The summed E-state index contributed by atoms with van der Waals surface area (Å²) in [5.74, 6) is -0.0393. The smallest absolute Gasteiger partial charge is 0.249 e. The van der Waals surface area contributed by atoms with E-state index in [2.05, 4.69) is 9.97 Å². The maximum atomic E-state index is 11.4. The van der Waals surface area contributed by atoms with E-state index in [1.54, 1.807) is 18.5 Å². The Bertz CT molecular complexity index is 602. The summed E-state index contributed by atoms with van der Waals surface area (Å²) in [6.45, 7) is 0. The molecule has 0 spiro atoms. The van der Waals surface area contributed by atoms with Crippen molar-refractivity contribution in [3.8, 4) is 16.9 Å². The van der Waals surface area contributed by atoms with Crippen LogP contribution in [0, 0.1) is 0 Å².